The highest BCUT2D eigenvalue weighted by Gasteiger charge is 2.16. The van der Waals surface area contributed by atoms with E-state index in [-0.39, 0.29) is 11.8 Å². The predicted molar refractivity (Wildman–Crippen MR) is 127 cm³/mol. The molecule has 33 heavy (non-hydrogen) atoms. The first-order valence-electron chi connectivity index (χ1n) is 9.87. The van der Waals surface area contributed by atoms with Crippen molar-refractivity contribution in [3.63, 3.8) is 0 Å². The van der Waals surface area contributed by atoms with Gasteiger partial charge in [0.25, 0.3) is 11.8 Å². The van der Waals surface area contributed by atoms with E-state index in [0.717, 1.165) is 4.47 Å². The summed E-state index contributed by atoms with van der Waals surface area (Å²) in [5.41, 5.74) is 2.27. The van der Waals surface area contributed by atoms with Gasteiger partial charge in [-0.15, -0.1) is 5.10 Å². The van der Waals surface area contributed by atoms with E-state index in [9.17, 15) is 9.59 Å². The third-order valence-corrected chi connectivity index (χ3v) is 5.29. The van der Waals surface area contributed by atoms with Crippen molar-refractivity contribution in [2.24, 2.45) is 0 Å². The highest BCUT2D eigenvalue weighted by atomic mass is 79.9. The monoisotopic (exact) mass is 506 g/mol. The quantitative estimate of drug-likeness (QED) is 0.404. The van der Waals surface area contributed by atoms with Crippen LogP contribution in [0.2, 0.25) is 0 Å². The fourth-order valence-electron chi connectivity index (χ4n) is 3.20. The molecule has 0 unspecified atom stereocenters. The van der Waals surface area contributed by atoms with Gasteiger partial charge in [0.15, 0.2) is 5.82 Å². The molecule has 0 aliphatic rings. The summed E-state index contributed by atoms with van der Waals surface area (Å²) >= 11 is 3.36. The number of amides is 2. The first kappa shape index (κ1) is 22.2. The number of hydrogen-bond donors (Lipinski definition) is 2. The zero-order valence-corrected chi connectivity index (χ0v) is 19.3. The summed E-state index contributed by atoms with van der Waals surface area (Å²) in [4.78, 5) is 25.8. The van der Waals surface area contributed by atoms with E-state index in [1.165, 1.54) is 4.68 Å². The number of methoxy groups -OCH3 is 1. The van der Waals surface area contributed by atoms with Gasteiger partial charge in [-0.25, -0.2) is 0 Å². The molecule has 0 aliphatic heterocycles. The number of nitrogens with zero attached hydrogens (tertiary/aromatic N) is 4. The highest BCUT2D eigenvalue weighted by molar-refractivity contribution is 9.10. The highest BCUT2D eigenvalue weighted by Crippen LogP contribution is 2.27. The van der Waals surface area contributed by atoms with Crippen LogP contribution in [-0.2, 0) is 0 Å². The van der Waals surface area contributed by atoms with Crippen molar-refractivity contribution in [1.82, 2.24) is 20.2 Å². The summed E-state index contributed by atoms with van der Waals surface area (Å²) in [5.74, 6) is 0.407. The second kappa shape index (κ2) is 9.61. The number of tetrazole rings is 1. The summed E-state index contributed by atoms with van der Waals surface area (Å²) in [6.07, 6.45) is 0. The normalized spacial score (nSPS) is 10.5. The Labute approximate surface area is 197 Å². The largest absolute Gasteiger partial charge is 0.494 e. The molecule has 2 N–H and O–H groups in total. The van der Waals surface area contributed by atoms with Crippen molar-refractivity contribution in [1.29, 1.82) is 0 Å². The van der Waals surface area contributed by atoms with Gasteiger partial charge in [0, 0.05) is 15.7 Å². The van der Waals surface area contributed by atoms with Crippen LogP contribution in [0.25, 0.3) is 5.69 Å². The maximum Gasteiger partial charge on any atom is 0.257 e. The fraction of sp³-hybridized carbons (Fsp3) is 0.0870. The molecule has 1 heterocycles. The van der Waals surface area contributed by atoms with Gasteiger partial charge in [-0.2, -0.15) is 4.68 Å². The second-order valence-electron chi connectivity index (χ2n) is 6.99. The molecule has 0 saturated carbocycles. The number of aromatic nitrogens is 4. The van der Waals surface area contributed by atoms with Crippen molar-refractivity contribution >= 4 is 39.1 Å². The zero-order valence-electron chi connectivity index (χ0n) is 17.7. The number of carbonyl (C=O) groups is 2. The lowest BCUT2D eigenvalue weighted by atomic mass is 10.1. The Kier molecular flexibility index (Phi) is 6.45. The van der Waals surface area contributed by atoms with E-state index in [4.69, 9.17) is 4.74 Å². The van der Waals surface area contributed by atoms with Crippen LogP contribution in [0.4, 0.5) is 11.4 Å². The van der Waals surface area contributed by atoms with Crippen LogP contribution in [0.15, 0.2) is 71.2 Å². The van der Waals surface area contributed by atoms with Crippen molar-refractivity contribution in [3.8, 4) is 11.4 Å². The molecule has 0 spiro atoms. The van der Waals surface area contributed by atoms with Gasteiger partial charge in [0.05, 0.1) is 18.4 Å². The average molecular weight is 507 g/mol. The number of rotatable bonds is 6. The van der Waals surface area contributed by atoms with Crippen LogP contribution in [0, 0.1) is 6.92 Å². The van der Waals surface area contributed by atoms with Gasteiger partial charge in [-0.3, -0.25) is 9.59 Å². The molecule has 1 aromatic heterocycles. The van der Waals surface area contributed by atoms with Gasteiger partial charge in [-0.1, -0.05) is 34.1 Å². The molecule has 0 aliphatic carbocycles. The van der Waals surface area contributed by atoms with Gasteiger partial charge in [0.1, 0.15) is 11.4 Å². The Bertz CT molecular complexity index is 1340. The Hall–Kier alpha value is -4.05. The van der Waals surface area contributed by atoms with Gasteiger partial charge in [0.2, 0.25) is 0 Å². The maximum atomic E-state index is 13.1. The Morgan fingerprint density at radius 2 is 1.79 bits per heavy atom. The molecular weight excluding hydrogens is 488 g/mol. The molecule has 2 amide bonds. The van der Waals surface area contributed by atoms with Crippen molar-refractivity contribution in [2.75, 3.05) is 17.7 Å². The lowest BCUT2D eigenvalue weighted by molar-refractivity contribution is 0.102. The molecule has 3 aromatic carbocycles. The number of ether oxygens (including phenoxy) is 1. The van der Waals surface area contributed by atoms with Gasteiger partial charge in [-0.05, 0) is 65.9 Å². The molecule has 0 saturated heterocycles. The van der Waals surface area contributed by atoms with Crippen LogP contribution in [0.3, 0.4) is 0 Å². The predicted octanol–water partition coefficient (Wildman–Crippen LogP) is 4.25. The van der Waals surface area contributed by atoms with E-state index in [0.29, 0.717) is 39.8 Å². The third-order valence-electron chi connectivity index (χ3n) is 4.80. The van der Waals surface area contributed by atoms with E-state index >= 15 is 0 Å². The number of nitrogens with one attached hydrogen (secondary N) is 2. The number of benzene rings is 3. The van der Waals surface area contributed by atoms with E-state index in [2.05, 4.69) is 42.1 Å². The number of hydrogen-bond acceptors (Lipinski definition) is 6. The number of para-hydroxylation sites is 1. The molecule has 4 aromatic rings. The topological polar surface area (TPSA) is 111 Å². The summed E-state index contributed by atoms with van der Waals surface area (Å²) in [7, 11) is 1.54. The Morgan fingerprint density at radius 3 is 2.52 bits per heavy atom. The van der Waals surface area contributed by atoms with Crippen molar-refractivity contribution in [2.45, 2.75) is 6.92 Å². The maximum absolute atomic E-state index is 13.1. The van der Waals surface area contributed by atoms with Crippen LogP contribution in [-0.4, -0.2) is 39.1 Å². The second-order valence-corrected chi connectivity index (χ2v) is 7.90. The molecule has 166 valence electrons. The van der Waals surface area contributed by atoms with Gasteiger partial charge < -0.3 is 15.4 Å². The molecule has 0 atom stereocenters. The summed E-state index contributed by atoms with van der Waals surface area (Å²) < 4.78 is 7.70. The molecule has 0 radical (unpaired) electrons. The first-order valence-corrected chi connectivity index (χ1v) is 10.7. The van der Waals surface area contributed by atoms with E-state index in [1.54, 1.807) is 74.7 Å². The van der Waals surface area contributed by atoms with Crippen LogP contribution >= 0.6 is 15.9 Å². The number of halogens is 1. The number of carbonyl (C=O) groups excluding carboxylic acids is 2. The lowest BCUT2D eigenvalue weighted by Gasteiger charge is -2.14. The SMILES string of the molecule is COc1ccc(NC(=O)c2ccccc2NC(=O)c2cccc(Br)c2)cc1-n1nnnc1C. The van der Waals surface area contributed by atoms with E-state index in [1.807, 2.05) is 6.07 Å². The van der Waals surface area contributed by atoms with Gasteiger partial charge >= 0.3 is 0 Å². The van der Waals surface area contributed by atoms with Crippen LogP contribution < -0.4 is 15.4 Å². The zero-order chi connectivity index (χ0) is 23.4. The van der Waals surface area contributed by atoms with Crippen molar-refractivity contribution in [3.05, 3.63) is 88.2 Å². The molecule has 10 heteroatoms. The number of anilines is 2. The molecule has 0 fully saturated rings. The van der Waals surface area contributed by atoms with Crippen LogP contribution in [0.1, 0.15) is 26.5 Å². The van der Waals surface area contributed by atoms with Crippen molar-refractivity contribution < 1.29 is 14.3 Å². The van der Waals surface area contributed by atoms with E-state index < -0.39 is 0 Å². The lowest BCUT2D eigenvalue weighted by Crippen LogP contribution is -2.18. The minimum atomic E-state index is -0.385. The molecule has 4 rings (SSSR count). The average Bonchev–Trinajstić information content (AvgIpc) is 3.25. The molecule has 9 nitrogen and oxygen atoms in total. The molecule has 0 bridgehead atoms. The summed E-state index contributed by atoms with van der Waals surface area (Å²) in [6, 6.07) is 18.9. The third kappa shape index (κ3) is 4.90. The fourth-order valence-corrected chi connectivity index (χ4v) is 3.60. The summed E-state index contributed by atoms with van der Waals surface area (Å²) in [6.45, 7) is 1.76. The summed E-state index contributed by atoms with van der Waals surface area (Å²) in [5, 5.41) is 17.2. The molecular formula is C23H19BrN6O3. The Morgan fingerprint density at radius 1 is 0.970 bits per heavy atom. The standard InChI is InChI=1S/C23H19BrN6O3/c1-14-27-28-29-30(14)20-13-17(10-11-21(20)33-2)25-23(32)18-8-3-4-9-19(18)26-22(31)15-6-5-7-16(24)12-15/h3-13H,1-2H3,(H,25,32)(H,26,31). The minimum Gasteiger partial charge on any atom is -0.494 e. The Balaban J connectivity index is 1.59. The first-order chi connectivity index (χ1) is 16.0. The van der Waals surface area contributed by atoms with Crippen LogP contribution in [0.5, 0.6) is 5.75 Å². The smallest absolute Gasteiger partial charge is 0.257 e. The number of aryl methyl sites for hydroxylation is 1. The minimum absolute atomic E-state index is 0.316.